The van der Waals surface area contributed by atoms with Crippen LogP contribution in [0.25, 0.3) is 0 Å². The fourth-order valence-corrected chi connectivity index (χ4v) is 7.02. The molecule has 2 heterocycles. The van der Waals surface area contributed by atoms with Crippen LogP contribution >= 0.6 is 27.7 Å². The minimum atomic E-state index is -3.18. The van der Waals surface area contributed by atoms with Gasteiger partial charge in [0.2, 0.25) is 0 Å². The van der Waals surface area contributed by atoms with Gasteiger partial charge in [-0.05, 0) is 18.2 Å². The Labute approximate surface area is 159 Å². The summed E-state index contributed by atoms with van der Waals surface area (Å²) in [7, 11) is -3.18. The highest BCUT2D eigenvalue weighted by Gasteiger charge is 2.50. The van der Waals surface area contributed by atoms with Crippen LogP contribution in [0.5, 0.6) is 0 Å². The second-order valence-electron chi connectivity index (χ2n) is 7.22. The predicted molar refractivity (Wildman–Crippen MR) is 102 cm³/mol. The first kappa shape index (κ1) is 18.8. The van der Waals surface area contributed by atoms with E-state index in [0.29, 0.717) is 9.64 Å². The molecule has 0 spiro atoms. The molecule has 1 aromatic rings. The van der Waals surface area contributed by atoms with Crippen LogP contribution in [0.1, 0.15) is 20.8 Å². The Hall–Kier alpha value is -0.930. The van der Waals surface area contributed by atoms with Gasteiger partial charge < -0.3 is 4.90 Å². The summed E-state index contributed by atoms with van der Waals surface area (Å²) in [5, 5.41) is 0.116. The van der Waals surface area contributed by atoms with Crippen LogP contribution in [0.4, 0.5) is 10.1 Å². The molecule has 0 bridgehead atoms. The fraction of sp³-hybridized carbons (Fsp3) is 0.500. The molecule has 5 nitrogen and oxygen atoms in total. The maximum absolute atomic E-state index is 14.5. The van der Waals surface area contributed by atoms with Crippen molar-refractivity contribution in [2.24, 2.45) is 10.4 Å². The van der Waals surface area contributed by atoms with Gasteiger partial charge in [0.1, 0.15) is 5.82 Å². The lowest BCUT2D eigenvalue weighted by atomic mass is 9.96. The van der Waals surface area contributed by atoms with E-state index in [1.807, 2.05) is 0 Å². The van der Waals surface area contributed by atoms with E-state index in [9.17, 15) is 17.6 Å². The quantitative estimate of drug-likeness (QED) is 0.659. The highest BCUT2D eigenvalue weighted by Crippen LogP contribution is 2.42. The first-order chi connectivity index (χ1) is 11.5. The maximum atomic E-state index is 14.5. The molecule has 0 aliphatic carbocycles. The molecule has 25 heavy (non-hydrogen) atoms. The molecule has 3 rings (SSSR count). The molecule has 2 aliphatic rings. The van der Waals surface area contributed by atoms with Crippen molar-refractivity contribution in [3.05, 3.63) is 28.5 Å². The van der Waals surface area contributed by atoms with E-state index in [1.165, 1.54) is 17.8 Å². The van der Waals surface area contributed by atoms with Crippen LogP contribution in [0.3, 0.4) is 0 Å². The van der Waals surface area contributed by atoms with Gasteiger partial charge in [-0.25, -0.2) is 12.8 Å². The third-order valence-electron chi connectivity index (χ3n) is 4.07. The van der Waals surface area contributed by atoms with Gasteiger partial charge in [-0.15, -0.1) is 0 Å². The Morgan fingerprint density at radius 2 is 2.04 bits per heavy atom. The molecule has 0 saturated carbocycles. The molecule has 136 valence electrons. The molecule has 1 amide bonds. The highest BCUT2D eigenvalue weighted by molar-refractivity contribution is 9.10. The molecule has 2 atom stereocenters. The third-order valence-corrected chi connectivity index (χ3v) is 7.78. The van der Waals surface area contributed by atoms with Crippen LogP contribution in [0.2, 0.25) is 0 Å². The molecule has 2 unspecified atom stereocenters. The summed E-state index contributed by atoms with van der Waals surface area (Å²) in [5.41, 5.74) is -0.429. The molecular weight excluding hydrogens is 431 g/mol. The first-order valence-electron chi connectivity index (χ1n) is 7.72. The summed E-state index contributed by atoms with van der Waals surface area (Å²) in [5.74, 6) is -0.862. The lowest BCUT2D eigenvalue weighted by Gasteiger charge is -2.25. The SMILES string of the molecule is CC(C)(C)C(=O)N=C1SC2CS(=O)(=O)CC2N1c1ccc(Br)cc1F. The Morgan fingerprint density at radius 3 is 2.64 bits per heavy atom. The van der Waals surface area contributed by atoms with Crippen molar-refractivity contribution < 1.29 is 17.6 Å². The number of carbonyl (C=O) groups is 1. The Morgan fingerprint density at radius 1 is 1.36 bits per heavy atom. The standard InChI is InChI=1S/C16H18BrFN2O3S2/c1-16(2,3)14(21)19-15-20(11-5-4-9(17)6-10(11)18)12-7-25(22,23)8-13(12)24-15/h4-6,12-13H,7-8H2,1-3H3. The Balaban J connectivity index is 2.07. The number of rotatable bonds is 1. The van der Waals surface area contributed by atoms with Crippen LogP contribution in [-0.2, 0) is 14.6 Å². The molecule has 0 N–H and O–H groups in total. The average molecular weight is 449 g/mol. The van der Waals surface area contributed by atoms with Gasteiger partial charge in [-0.1, -0.05) is 48.5 Å². The van der Waals surface area contributed by atoms with E-state index in [4.69, 9.17) is 0 Å². The van der Waals surface area contributed by atoms with E-state index < -0.39 is 27.1 Å². The minimum Gasteiger partial charge on any atom is -0.313 e. The van der Waals surface area contributed by atoms with Gasteiger partial charge in [0, 0.05) is 15.1 Å². The summed E-state index contributed by atoms with van der Waals surface area (Å²) in [6.45, 7) is 5.28. The van der Waals surface area contributed by atoms with Gasteiger partial charge in [0.25, 0.3) is 5.91 Å². The Bertz CT molecular complexity index is 865. The van der Waals surface area contributed by atoms with Gasteiger partial charge in [0.05, 0.1) is 23.2 Å². The van der Waals surface area contributed by atoms with Gasteiger partial charge in [-0.2, -0.15) is 4.99 Å². The summed E-state index contributed by atoms with van der Waals surface area (Å²) in [6.07, 6.45) is 0. The number of hydrogen-bond acceptors (Lipinski definition) is 4. The normalized spacial score (nSPS) is 26.9. The summed E-state index contributed by atoms with van der Waals surface area (Å²) < 4.78 is 39.1. The Kier molecular flexibility index (Phi) is 4.79. The number of thioether (sulfide) groups is 1. The zero-order chi connectivity index (χ0) is 18.6. The molecule has 2 aliphatic heterocycles. The maximum Gasteiger partial charge on any atom is 0.253 e. The summed E-state index contributed by atoms with van der Waals surface area (Å²) in [6, 6.07) is 4.16. The van der Waals surface area contributed by atoms with Crippen molar-refractivity contribution in [2.75, 3.05) is 16.4 Å². The van der Waals surface area contributed by atoms with Crippen molar-refractivity contribution in [3.8, 4) is 0 Å². The van der Waals surface area contributed by atoms with Crippen LogP contribution in [-0.4, -0.2) is 42.3 Å². The van der Waals surface area contributed by atoms with Gasteiger partial charge in [-0.3, -0.25) is 4.79 Å². The number of carbonyl (C=O) groups excluding carboxylic acids is 1. The van der Waals surface area contributed by atoms with E-state index in [0.717, 1.165) is 0 Å². The van der Waals surface area contributed by atoms with Crippen LogP contribution < -0.4 is 4.90 Å². The van der Waals surface area contributed by atoms with Crippen LogP contribution in [0, 0.1) is 11.2 Å². The zero-order valence-corrected chi connectivity index (χ0v) is 17.2. The molecular formula is C16H18BrFN2O3S2. The summed E-state index contributed by atoms with van der Waals surface area (Å²) in [4.78, 5) is 18.1. The number of halogens is 2. The largest absolute Gasteiger partial charge is 0.313 e. The second-order valence-corrected chi connectivity index (χ2v) is 11.5. The van der Waals surface area contributed by atoms with E-state index >= 15 is 0 Å². The van der Waals surface area contributed by atoms with E-state index in [1.54, 1.807) is 37.8 Å². The molecule has 0 aromatic heterocycles. The van der Waals surface area contributed by atoms with E-state index in [-0.39, 0.29) is 28.4 Å². The van der Waals surface area contributed by atoms with Gasteiger partial charge in [0.15, 0.2) is 15.0 Å². The fourth-order valence-electron chi connectivity index (χ4n) is 2.78. The molecule has 9 heteroatoms. The van der Waals surface area contributed by atoms with Crippen molar-refractivity contribution in [1.82, 2.24) is 0 Å². The smallest absolute Gasteiger partial charge is 0.253 e. The average Bonchev–Trinajstić information content (AvgIpc) is 2.90. The molecule has 0 radical (unpaired) electrons. The summed E-state index contributed by atoms with van der Waals surface area (Å²) >= 11 is 4.46. The number of amides is 1. The minimum absolute atomic E-state index is 0.0136. The van der Waals surface area contributed by atoms with Crippen LogP contribution in [0.15, 0.2) is 27.7 Å². The van der Waals surface area contributed by atoms with E-state index in [2.05, 4.69) is 20.9 Å². The molecule has 2 fully saturated rings. The number of aliphatic imine (C=N–C) groups is 1. The monoisotopic (exact) mass is 448 g/mol. The number of nitrogens with zero attached hydrogens (tertiary/aromatic N) is 2. The van der Waals surface area contributed by atoms with Crippen molar-refractivity contribution in [2.45, 2.75) is 32.1 Å². The number of anilines is 1. The van der Waals surface area contributed by atoms with Crippen molar-refractivity contribution >= 4 is 54.3 Å². The number of fused-ring (bicyclic) bond motifs is 1. The van der Waals surface area contributed by atoms with Crippen molar-refractivity contribution in [1.29, 1.82) is 0 Å². The zero-order valence-electron chi connectivity index (χ0n) is 14.0. The van der Waals surface area contributed by atoms with Crippen molar-refractivity contribution in [3.63, 3.8) is 0 Å². The predicted octanol–water partition coefficient (Wildman–Crippen LogP) is 3.24. The first-order valence-corrected chi connectivity index (χ1v) is 11.2. The number of hydrogen-bond donors (Lipinski definition) is 0. The highest BCUT2D eigenvalue weighted by atomic mass is 79.9. The number of amidine groups is 1. The lowest BCUT2D eigenvalue weighted by Crippen LogP contribution is -2.38. The molecule has 2 saturated heterocycles. The lowest BCUT2D eigenvalue weighted by molar-refractivity contribution is -0.124. The molecule has 1 aromatic carbocycles. The third kappa shape index (κ3) is 3.78. The van der Waals surface area contributed by atoms with Gasteiger partial charge >= 0.3 is 0 Å². The second kappa shape index (κ2) is 6.35. The topological polar surface area (TPSA) is 66.8 Å². The number of sulfone groups is 1. The number of benzene rings is 1.